The van der Waals surface area contributed by atoms with Gasteiger partial charge in [-0.1, -0.05) is 36.7 Å². The minimum Gasteiger partial charge on any atom is -0.494 e. The molecule has 2 aromatic carbocycles. The molecule has 1 saturated carbocycles. The lowest BCUT2D eigenvalue weighted by Crippen LogP contribution is -2.56. The first-order chi connectivity index (χ1) is 23.9. The molecule has 260 valence electrons. The van der Waals surface area contributed by atoms with Crippen LogP contribution in [0.5, 0.6) is 5.75 Å². The fourth-order valence-corrected chi connectivity index (χ4v) is 7.89. The number of amides is 1. The van der Waals surface area contributed by atoms with E-state index in [0.29, 0.717) is 41.4 Å². The van der Waals surface area contributed by atoms with Crippen molar-refractivity contribution in [1.29, 1.82) is 0 Å². The summed E-state index contributed by atoms with van der Waals surface area (Å²) in [7, 11) is 1.66. The Balaban J connectivity index is 1.07. The number of nitrogens with zero attached hydrogens (tertiary/aromatic N) is 6. The predicted molar refractivity (Wildman–Crippen MR) is 195 cm³/mol. The average molecular weight is 687 g/mol. The van der Waals surface area contributed by atoms with Gasteiger partial charge in [0.15, 0.2) is 5.82 Å². The number of halogens is 1. The number of piperazine rings is 1. The van der Waals surface area contributed by atoms with Crippen molar-refractivity contribution in [2.45, 2.75) is 63.6 Å². The molecule has 2 N–H and O–H groups in total. The molecular weight excluding hydrogens is 640 g/mol. The Morgan fingerprint density at radius 1 is 0.980 bits per heavy atom. The Morgan fingerprint density at radius 3 is 2.39 bits per heavy atom. The summed E-state index contributed by atoms with van der Waals surface area (Å²) < 4.78 is 5.90. The van der Waals surface area contributed by atoms with Crippen LogP contribution in [0, 0.1) is 6.92 Å². The molecule has 4 heterocycles. The molecule has 3 saturated heterocycles. The molecule has 0 radical (unpaired) electrons. The van der Waals surface area contributed by atoms with Crippen molar-refractivity contribution >= 4 is 46.2 Å². The van der Waals surface area contributed by atoms with Gasteiger partial charge in [0.1, 0.15) is 17.9 Å². The van der Waals surface area contributed by atoms with Crippen molar-refractivity contribution in [2.24, 2.45) is 0 Å². The molecule has 49 heavy (non-hydrogen) atoms. The van der Waals surface area contributed by atoms with E-state index in [1.54, 1.807) is 7.11 Å². The number of methoxy groups -OCH3 is 1. The number of hydroxylamine groups is 1. The quantitative estimate of drug-likeness (QED) is 0.235. The van der Waals surface area contributed by atoms with E-state index >= 15 is 0 Å². The molecule has 1 unspecified atom stereocenters. The summed E-state index contributed by atoms with van der Waals surface area (Å²) in [5.41, 5.74) is 4.42. The number of carbonyl (C=O) groups is 1. The fourth-order valence-electron chi connectivity index (χ4n) is 7.71. The zero-order chi connectivity index (χ0) is 33.9. The standard InChI is InChI=1S/C37H47ClN8O3/c1-4-37(47)42-30-21-31(41-35-23-36(40-24-39-35)46-32(13-20-49-46)28-9-6-10-29(38)25(28)2)34(48-3)22-33(30)45-14-11-27(12-15-45)44-18-16-43(17-19-44)26-7-5-8-26/h4,6,9-10,21-24,26-27,32H,1,5,7-8,11-20H2,2-3H3,(H,42,47)(H,39,40,41). The van der Waals surface area contributed by atoms with Crippen LogP contribution in [-0.4, -0.2) is 90.7 Å². The SMILES string of the molecule is C=CC(=O)Nc1cc(Nc2cc(N3OCCC3c3cccc(Cl)c3C)ncn2)c(OC)cc1N1CCC(N2CCN(C3CCC3)CC2)CC1. The highest BCUT2D eigenvalue weighted by atomic mass is 35.5. The molecule has 3 aromatic rings. The van der Waals surface area contributed by atoms with Crippen LogP contribution in [0.4, 0.5) is 28.7 Å². The Labute approximate surface area is 294 Å². The molecule has 1 atom stereocenters. The van der Waals surface area contributed by atoms with Crippen LogP contribution in [0.1, 0.15) is 55.7 Å². The maximum absolute atomic E-state index is 12.6. The van der Waals surface area contributed by atoms with Crippen LogP contribution in [-0.2, 0) is 9.63 Å². The van der Waals surface area contributed by atoms with Gasteiger partial charge in [-0.05, 0) is 61.9 Å². The molecule has 11 nitrogen and oxygen atoms in total. The molecule has 4 aliphatic rings. The molecule has 1 amide bonds. The van der Waals surface area contributed by atoms with E-state index in [0.717, 1.165) is 73.3 Å². The highest BCUT2D eigenvalue weighted by Gasteiger charge is 2.33. The molecule has 3 aliphatic heterocycles. The Hall–Kier alpha value is -3.90. The first kappa shape index (κ1) is 33.6. The topological polar surface area (TPSA) is 98.3 Å². The lowest BCUT2D eigenvalue weighted by atomic mass is 9.91. The molecule has 0 bridgehead atoms. The zero-order valence-corrected chi connectivity index (χ0v) is 29.3. The molecule has 0 spiro atoms. The number of nitrogens with one attached hydrogen (secondary N) is 2. The van der Waals surface area contributed by atoms with E-state index in [2.05, 4.69) is 47.9 Å². The van der Waals surface area contributed by atoms with Crippen LogP contribution in [0.3, 0.4) is 0 Å². The average Bonchev–Trinajstić information content (AvgIpc) is 3.59. The summed E-state index contributed by atoms with van der Waals surface area (Å²) in [6.45, 7) is 12.8. The van der Waals surface area contributed by atoms with Gasteiger partial charge in [0.25, 0.3) is 0 Å². The first-order valence-corrected chi connectivity index (χ1v) is 17.9. The number of ether oxygens (including phenoxy) is 1. The van der Waals surface area contributed by atoms with Gasteiger partial charge >= 0.3 is 0 Å². The number of hydrogen-bond donors (Lipinski definition) is 2. The van der Waals surface area contributed by atoms with E-state index in [1.165, 1.54) is 44.8 Å². The highest BCUT2D eigenvalue weighted by Crippen LogP contribution is 2.41. The van der Waals surface area contributed by atoms with E-state index < -0.39 is 0 Å². The van der Waals surface area contributed by atoms with Gasteiger partial charge in [-0.3, -0.25) is 19.4 Å². The summed E-state index contributed by atoms with van der Waals surface area (Å²) >= 11 is 6.46. The van der Waals surface area contributed by atoms with Gasteiger partial charge in [0, 0.05) is 74.9 Å². The Kier molecular flexibility index (Phi) is 10.2. The maximum atomic E-state index is 12.6. The van der Waals surface area contributed by atoms with Crippen molar-refractivity contribution in [3.8, 4) is 5.75 Å². The van der Waals surface area contributed by atoms with Crippen LogP contribution < -0.4 is 25.3 Å². The van der Waals surface area contributed by atoms with Crippen molar-refractivity contribution < 1.29 is 14.4 Å². The van der Waals surface area contributed by atoms with E-state index in [4.69, 9.17) is 21.2 Å². The normalized spacial score (nSPS) is 21.0. The highest BCUT2D eigenvalue weighted by molar-refractivity contribution is 6.31. The molecule has 7 rings (SSSR count). The second-order valence-corrected chi connectivity index (χ2v) is 13.8. The summed E-state index contributed by atoms with van der Waals surface area (Å²) in [4.78, 5) is 35.5. The maximum Gasteiger partial charge on any atom is 0.247 e. The van der Waals surface area contributed by atoms with Crippen LogP contribution in [0.2, 0.25) is 5.02 Å². The van der Waals surface area contributed by atoms with E-state index in [-0.39, 0.29) is 11.9 Å². The lowest BCUT2D eigenvalue weighted by Gasteiger charge is -2.46. The number of aromatic nitrogens is 2. The Bertz CT molecular complexity index is 1650. The summed E-state index contributed by atoms with van der Waals surface area (Å²) in [6.07, 6.45) is 9.92. The van der Waals surface area contributed by atoms with Crippen LogP contribution in [0.15, 0.2) is 55.4 Å². The van der Waals surface area contributed by atoms with Gasteiger partial charge in [0.05, 0.1) is 36.8 Å². The van der Waals surface area contributed by atoms with Crippen molar-refractivity contribution in [3.63, 3.8) is 0 Å². The lowest BCUT2D eigenvalue weighted by molar-refractivity contribution is -0.111. The van der Waals surface area contributed by atoms with Crippen LogP contribution in [0.25, 0.3) is 0 Å². The molecule has 4 fully saturated rings. The third-order valence-corrected chi connectivity index (χ3v) is 11.1. The summed E-state index contributed by atoms with van der Waals surface area (Å²) in [5.74, 6) is 1.56. The van der Waals surface area contributed by atoms with Gasteiger partial charge in [-0.2, -0.15) is 0 Å². The number of rotatable bonds is 10. The number of piperidine rings is 1. The largest absolute Gasteiger partial charge is 0.494 e. The van der Waals surface area contributed by atoms with Crippen LogP contribution >= 0.6 is 11.6 Å². The third-order valence-electron chi connectivity index (χ3n) is 10.7. The van der Waals surface area contributed by atoms with Crippen molar-refractivity contribution in [1.82, 2.24) is 19.8 Å². The van der Waals surface area contributed by atoms with Gasteiger partial charge < -0.3 is 20.3 Å². The minimum absolute atomic E-state index is 0.0305. The predicted octanol–water partition coefficient (Wildman–Crippen LogP) is 6.34. The van der Waals surface area contributed by atoms with E-state index in [9.17, 15) is 4.79 Å². The van der Waals surface area contributed by atoms with Gasteiger partial charge in [-0.25, -0.2) is 15.0 Å². The Morgan fingerprint density at radius 2 is 1.71 bits per heavy atom. The fraction of sp³-hybridized carbons (Fsp3) is 0.486. The van der Waals surface area contributed by atoms with Gasteiger partial charge in [0.2, 0.25) is 5.91 Å². The summed E-state index contributed by atoms with van der Waals surface area (Å²) in [5, 5.41) is 9.01. The number of anilines is 5. The molecule has 1 aromatic heterocycles. The monoisotopic (exact) mass is 686 g/mol. The number of benzene rings is 2. The molecule has 1 aliphatic carbocycles. The zero-order valence-electron chi connectivity index (χ0n) is 28.5. The van der Waals surface area contributed by atoms with Crippen molar-refractivity contribution in [3.05, 3.63) is 71.5 Å². The first-order valence-electron chi connectivity index (χ1n) is 17.6. The number of carbonyl (C=O) groups excluding carboxylic acids is 1. The smallest absolute Gasteiger partial charge is 0.247 e. The van der Waals surface area contributed by atoms with Crippen molar-refractivity contribution in [2.75, 3.05) is 73.6 Å². The molecular formula is C37H47ClN8O3. The minimum atomic E-state index is -0.269. The number of hydrogen-bond acceptors (Lipinski definition) is 10. The summed E-state index contributed by atoms with van der Waals surface area (Å²) in [6, 6.07) is 13.1. The third kappa shape index (κ3) is 7.21. The molecule has 12 heteroatoms. The second kappa shape index (κ2) is 14.9. The second-order valence-electron chi connectivity index (χ2n) is 13.4. The van der Waals surface area contributed by atoms with E-state index in [1.807, 2.05) is 42.3 Å². The van der Waals surface area contributed by atoms with Gasteiger partial charge in [-0.15, -0.1) is 0 Å².